The predicted molar refractivity (Wildman–Crippen MR) is 112 cm³/mol. The smallest absolute Gasteiger partial charge is 0.256 e. The minimum absolute atomic E-state index is 0.0478. The van der Waals surface area contributed by atoms with Crippen LogP contribution in [-0.4, -0.2) is 33.2 Å². The highest BCUT2D eigenvalue weighted by Gasteiger charge is 2.24. The molecule has 0 bridgehead atoms. The van der Waals surface area contributed by atoms with E-state index in [0.29, 0.717) is 12.4 Å². The maximum Gasteiger partial charge on any atom is 0.256 e. The van der Waals surface area contributed by atoms with Gasteiger partial charge in [-0.3, -0.25) is 9.69 Å². The number of anilines is 1. The second-order valence-electron chi connectivity index (χ2n) is 6.76. The summed E-state index contributed by atoms with van der Waals surface area (Å²) in [7, 11) is 1.71. The second-order valence-corrected chi connectivity index (χ2v) is 6.76. The summed E-state index contributed by atoms with van der Waals surface area (Å²) in [4.78, 5) is 14.7. The molecule has 0 fully saturated rings. The molecule has 3 aromatic carbocycles. The number of aromatic nitrogens is 4. The van der Waals surface area contributed by atoms with E-state index in [4.69, 9.17) is 0 Å². The van der Waals surface area contributed by atoms with Gasteiger partial charge in [-0.2, -0.15) is 4.68 Å². The number of carbonyl (C=O) groups excluding carboxylic acids is 1. The van der Waals surface area contributed by atoms with Crippen molar-refractivity contribution in [3.63, 3.8) is 0 Å². The Hall–Kier alpha value is -3.80. The summed E-state index contributed by atoms with van der Waals surface area (Å²) in [5, 5.41) is 11.9. The van der Waals surface area contributed by atoms with Crippen molar-refractivity contribution < 1.29 is 4.79 Å². The molecule has 29 heavy (non-hydrogen) atoms. The zero-order valence-electron chi connectivity index (χ0n) is 16.1. The largest absolute Gasteiger partial charge is 0.282 e. The minimum atomic E-state index is -0.0605. The highest BCUT2D eigenvalue weighted by Crippen LogP contribution is 2.29. The van der Waals surface area contributed by atoms with Crippen molar-refractivity contribution >= 4 is 11.9 Å². The molecule has 4 rings (SSSR count). The van der Waals surface area contributed by atoms with Crippen molar-refractivity contribution in [3.05, 3.63) is 102 Å². The Morgan fingerprint density at radius 1 is 0.862 bits per heavy atom. The van der Waals surface area contributed by atoms with Gasteiger partial charge in [0.1, 0.15) is 0 Å². The standard InChI is InChI=1S/C23H21N5O/c1-27(23-24-25-26-28(23)20-15-9-4-10-16-20)22(29)17-21(18-11-5-2-6-12-18)19-13-7-3-8-14-19/h2-16,21H,17H2,1H3. The van der Waals surface area contributed by atoms with Gasteiger partial charge in [-0.25, -0.2) is 0 Å². The number of benzene rings is 3. The van der Waals surface area contributed by atoms with Crippen LogP contribution in [0.5, 0.6) is 0 Å². The van der Waals surface area contributed by atoms with E-state index in [1.54, 1.807) is 11.7 Å². The lowest BCUT2D eigenvalue weighted by atomic mass is 9.88. The van der Waals surface area contributed by atoms with Crippen LogP contribution in [0.25, 0.3) is 5.69 Å². The summed E-state index contributed by atoms with van der Waals surface area (Å²) in [5.41, 5.74) is 3.00. The second kappa shape index (κ2) is 8.48. The van der Waals surface area contributed by atoms with Crippen molar-refractivity contribution in [2.45, 2.75) is 12.3 Å². The molecule has 6 heteroatoms. The molecule has 0 aliphatic rings. The number of amides is 1. The third-order valence-electron chi connectivity index (χ3n) is 4.91. The molecule has 0 atom stereocenters. The lowest BCUT2D eigenvalue weighted by molar-refractivity contribution is -0.118. The Morgan fingerprint density at radius 3 is 1.93 bits per heavy atom. The molecule has 1 amide bonds. The third kappa shape index (κ3) is 4.06. The van der Waals surface area contributed by atoms with E-state index in [1.807, 2.05) is 66.7 Å². The monoisotopic (exact) mass is 383 g/mol. The first kappa shape index (κ1) is 18.6. The van der Waals surface area contributed by atoms with Gasteiger partial charge in [0.2, 0.25) is 5.91 Å². The van der Waals surface area contributed by atoms with E-state index < -0.39 is 0 Å². The summed E-state index contributed by atoms with van der Waals surface area (Å²) in [5.74, 6) is 0.282. The van der Waals surface area contributed by atoms with E-state index in [0.717, 1.165) is 16.8 Å². The normalized spacial score (nSPS) is 10.8. The van der Waals surface area contributed by atoms with Gasteiger partial charge in [0.05, 0.1) is 5.69 Å². The molecule has 1 heterocycles. The van der Waals surface area contributed by atoms with Gasteiger partial charge in [-0.05, 0) is 33.7 Å². The van der Waals surface area contributed by atoms with E-state index in [2.05, 4.69) is 39.8 Å². The molecule has 1 aromatic heterocycles. The van der Waals surface area contributed by atoms with Crippen LogP contribution >= 0.6 is 0 Å². The first-order valence-electron chi connectivity index (χ1n) is 9.44. The fourth-order valence-electron chi connectivity index (χ4n) is 3.35. The molecule has 4 aromatic rings. The van der Waals surface area contributed by atoms with Gasteiger partial charge < -0.3 is 0 Å². The van der Waals surface area contributed by atoms with E-state index in [-0.39, 0.29) is 11.8 Å². The number of tetrazole rings is 1. The predicted octanol–water partition coefficient (Wildman–Crippen LogP) is 3.85. The summed E-state index contributed by atoms with van der Waals surface area (Å²) >= 11 is 0. The van der Waals surface area contributed by atoms with Crippen LogP contribution in [-0.2, 0) is 4.79 Å². The summed E-state index contributed by atoms with van der Waals surface area (Å²) < 4.78 is 1.57. The Bertz CT molecular complexity index is 1020. The number of carbonyl (C=O) groups is 1. The van der Waals surface area contributed by atoms with Crippen LogP contribution in [0.2, 0.25) is 0 Å². The molecule has 0 N–H and O–H groups in total. The molecule has 0 aliphatic heterocycles. The molecular weight excluding hydrogens is 362 g/mol. The van der Waals surface area contributed by atoms with Crippen LogP contribution in [0.15, 0.2) is 91.0 Å². The number of rotatable bonds is 6. The molecule has 0 spiro atoms. The van der Waals surface area contributed by atoms with E-state index in [1.165, 1.54) is 4.90 Å². The van der Waals surface area contributed by atoms with Crippen molar-refractivity contribution in [3.8, 4) is 5.69 Å². The quantitative estimate of drug-likeness (QED) is 0.507. The van der Waals surface area contributed by atoms with Crippen molar-refractivity contribution in [2.75, 3.05) is 11.9 Å². The number of hydrogen-bond donors (Lipinski definition) is 0. The highest BCUT2D eigenvalue weighted by atomic mass is 16.2. The lowest BCUT2D eigenvalue weighted by Gasteiger charge is -2.21. The topological polar surface area (TPSA) is 63.9 Å². The molecule has 0 radical (unpaired) electrons. The molecule has 0 saturated carbocycles. The lowest BCUT2D eigenvalue weighted by Crippen LogP contribution is -2.30. The maximum atomic E-state index is 13.2. The molecule has 6 nitrogen and oxygen atoms in total. The zero-order valence-corrected chi connectivity index (χ0v) is 16.1. The molecule has 0 unspecified atom stereocenters. The Labute approximate surface area is 169 Å². The molecule has 144 valence electrons. The van der Waals surface area contributed by atoms with Gasteiger partial charge >= 0.3 is 0 Å². The Morgan fingerprint density at radius 2 is 1.38 bits per heavy atom. The van der Waals surface area contributed by atoms with Crippen LogP contribution in [0.1, 0.15) is 23.5 Å². The van der Waals surface area contributed by atoms with Gasteiger partial charge in [-0.1, -0.05) is 84.0 Å². The van der Waals surface area contributed by atoms with Gasteiger partial charge in [-0.15, -0.1) is 0 Å². The van der Waals surface area contributed by atoms with Crippen LogP contribution in [0.4, 0.5) is 5.95 Å². The Balaban J connectivity index is 1.61. The highest BCUT2D eigenvalue weighted by molar-refractivity contribution is 5.92. The number of nitrogens with zero attached hydrogens (tertiary/aromatic N) is 5. The number of para-hydroxylation sites is 1. The average molecular weight is 383 g/mol. The maximum absolute atomic E-state index is 13.2. The first-order chi connectivity index (χ1) is 14.2. The SMILES string of the molecule is CN(C(=O)CC(c1ccccc1)c1ccccc1)c1nnnn1-c1ccccc1. The molecular formula is C23H21N5O. The van der Waals surface area contributed by atoms with Crippen LogP contribution in [0, 0.1) is 0 Å². The summed E-state index contributed by atoms with van der Waals surface area (Å²) in [6.07, 6.45) is 0.312. The van der Waals surface area contributed by atoms with E-state index >= 15 is 0 Å². The zero-order chi connectivity index (χ0) is 20.1. The van der Waals surface area contributed by atoms with E-state index in [9.17, 15) is 4.79 Å². The summed E-state index contributed by atoms with van der Waals surface area (Å²) in [6.45, 7) is 0. The third-order valence-corrected chi connectivity index (χ3v) is 4.91. The van der Waals surface area contributed by atoms with Gasteiger partial charge in [0.25, 0.3) is 5.95 Å². The van der Waals surface area contributed by atoms with Gasteiger partial charge in [0.15, 0.2) is 0 Å². The summed E-state index contributed by atoms with van der Waals surface area (Å²) in [6, 6.07) is 29.7. The fraction of sp³-hybridized carbons (Fsp3) is 0.130. The molecule has 0 aliphatic carbocycles. The van der Waals surface area contributed by atoms with Crippen molar-refractivity contribution in [2.24, 2.45) is 0 Å². The van der Waals surface area contributed by atoms with Gasteiger partial charge in [0, 0.05) is 19.4 Å². The average Bonchev–Trinajstić information content (AvgIpc) is 3.28. The number of hydrogen-bond acceptors (Lipinski definition) is 4. The minimum Gasteiger partial charge on any atom is -0.282 e. The molecule has 0 saturated heterocycles. The Kier molecular flexibility index (Phi) is 5.42. The first-order valence-corrected chi connectivity index (χ1v) is 9.44. The van der Waals surface area contributed by atoms with Crippen LogP contribution in [0.3, 0.4) is 0 Å². The van der Waals surface area contributed by atoms with Crippen molar-refractivity contribution in [1.29, 1.82) is 0 Å². The van der Waals surface area contributed by atoms with Crippen molar-refractivity contribution in [1.82, 2.24) is 20.2 Å². The van der Waals surface area contributed by atoms with Crippen LogP contribution < -0.4 is 4.90 Å². The fourth-order valence-corrected chi connectivity index (χ4v) is 3.35.